The van der Waals surface area contributed by atoms with E-state index in [4.69, 9.17) is 5.11 Å². The Labute approximate surface area is 74.1 Å². The molecule has 0 aliphatic rings. The van der Waals surface area contributed by atoms with Crippen molar-refractivity contribution in [2.45, 2.75) is 0 Å². The summed E-state index contributed by atoms with van der Waals surface area (Å²) >= 11 is 5.91. The van der Waals surface area contributed by atoms with Gasteiger partial charge in [0.05, 0.1) is 8.95 Å². The molecule has 1 aromatic rings. The van der Waals surface area contributed by atoms with E-state index in [2.05, 4.69) is 31.9 Å². The Morgan fingerprint density at radius 1 is 1.30 bits per heavy atom. The Kier molecular flexibility index (Phi) is 2.31. The molecular formula is C6H3Br2FO. The Hall–Kier alpha value is -0.0900. The average Bonchev–Trinajstić information content (AvgIpc) is 1.93. The highest BCUT2D eigenvalue weighted by atomic mass is 79.9. The van der Waals surface area contributed by atoms with Gasteiger partial charge in [-0.05, 0) is 44.0 Å². The lowest BCUT2D eigenvalue weighted by atomic mass is 10.3. The maximum Gasteiger partial charge on any atom is 0.146 e. The van der Waals surface area contributed by atoms with Gasteiger partial charge in [0.2, 0.25) is 0 Å². The molecule has 54 valence electrons. The van der Waals surface area contributed by atoms with Crippen LogP contribution in [0.2, 0.25) is 0 Å². The molecule has 1 nitrogen and oxygen atoms in total. The number of hydrogen-bond acceptors (Lipinski definition) is 1. The third-order valence-electron chi connectivity index (χ3n) is 1.02. The van der Waals surface area contributed by atoms with Crippen molar-refractivity contribution in [3.63, 3.8) is 0 Å². The number of aromatic hydroxyl groups is 1. The maximum absolute atomic E-state index is 12.5. The van der Waals surface area contributed by atoms with Crippen molar-refractivity contribution in [3.05, 3.63) is 26.9 Å². The van der Waals surface area contributed by atoms with Gasteiger partial charge in [0, 0.05) is 0 Å². The largest absolute Gasteiger partial charge is 0.505 e. The van der Waals surface area contributed by atoms with Crippen LogP contribution in [0.3, 0.4) is 0 Å². The monoisotopic (exact) mass is 268 g/mol. The average molecular weight is 270 g/mol. The molecule has 0 radical (unpaired) electrons. The van der Waals surface area contributed by atoms with Crippen LogP contribution in [0.4, 0.5) is 4.39 Å². The standard InChI is InChI=1S/C6H3Br2FO/c7-3-1-2-4(9)5(8)6(3)10/h1-2,10H. The van der Waals surface area contributed by atoms with E-state index in [-0.39, 0.29) is 10.2 Å². The fourth-order valence-corrected chi connectivity index (χ4v) is 1.46. The highest BCUT2D eigenvalue weighted by Crippen LogP contribution is 2.33. The number of halogens is 3. The molecule has 0 heterocycles. The highest BCUT2D eigenvalue weighted by molar-refractivity contribution is 9.11. The third-order valence-corrected chi connectivity index (χ3v) is 2.41. The van der Waals surface area contributed by atoms with E-state index >= 15 is 0 Å². The van der Waals surface area contributed by atoms with Crippen molar-refractivity contribution in [3.8, 4) is 5.75 Å². The lowest BCUT2D eigenvalue weighted by Gasteiger charge is -1.98. The predicted molar refractivity (Wildman–Crippen MR) is 43.5 cm³/mol. The van der Waals surface area contributed by atoms with Crippen LogP contribution in [0.15, 0.2) is 21.1 Å². The second-order valence-electron chi connectivity index (χ2n) is 1.69. The highest BCUT2D eigenvalue weighted by Gasteiger charge is 2.06. The molecule has 0 saturated heterocycles. The van der Waals surface area contributed by atoms with Crippen LogP contribution in [-0.4, -0.2) is 5.11 Å². The van der Waals surface area contributed by atoms with Crippen LogP contribution in [0, 0.1) is 5.82 Å². The molecule has 10 heavy (non-hydrogen) atoms. The van der Waals surface area contributed by atoms with E-state index < -0.39 is 5.82 Å². The van der Waals surface area contributed by atoms with Gasteiger partial charge in [-0.15, -0.1) is 0 Å². The summed E-state index contributed by atoms with van der Waals surface area (Å²) in [6.07, 6.45) is 0. The van der Waals surface area contributed by atoms with Gasteiger partial charge in [0.25, 0.3) is 0 Å². The topological polar surface area (TPSA) is 20.2 Å². The summed E-state index contributed by atoms with van der Waals surface area (Å²) in [5.41, 5.74) is 0. The minimum absolute atomic E-state index is 0.0851. The molecule has 0 aliphatic heterocycles. The van der Waals surface area contributed by atoms with Crippen LogP contribution in [-0.2, 0) is 0 Å². The van der Waals surface area contributed by atoms with E-state index in [1.54, 1.807) is 0 Å². The van der Waals surface area contributed by atoms with Crippen molar-refractivity contribution < 1.29 is 9.50 Å². The molecule has 0 spiro atoms. The molecule has 0 saturated carbocycles. The molecule has 1 N–H and O–H groups in total. The van der Waals surface area contributed by atoms with E-state index in [0.29, 0.717) is 4.47 Å². The second-order valence-corrected chi connectivity index (χ2v) is 3.34. The summed E-state index contributed by atoms with van der Waals surface area (Å²) in [5.74, 6) is -0.583. The number of hydrogen-bond donors (Lipinski definition) is 1. The molecule has 4 heteroatoms. The number of phenols is 1. The van der Waals surface area contributed by atoms with Gasteiger partial charge in [0.1, 0.15) is 11.6 Å². The van der Waals surface area contributed by atoms with E-state index in [0.717, 1.165) is 0 Å². The van der Waals surface area contributed by atoms with Crippen LogP contribution in [0.25, 0.3) is 0 Å². The number of rotatable bonds is 0. The smallest absolute Gasteiger partial charge is 0.146 e. The minimum Gasteiger partial charge on any atom is -0.505 e. The summed E-state index contributed by atoms with van der Waals surface area (Å²) in [6.45, 7) is 0. The quantitative estimate of drug-likeness (QED) is 0.718. The minimum atomic E-state index is -0.472. The summed E-state index contributed by atoms with van der Waals surface area (Å²) in [7, 11) is 0. The van der Waals surface area contributed by atoms with Gasteiger partial charge in [-0.1, -0.05) is 0 Å². The van der Waals surface area contributed by atoms with Crippen LogP contribution in [0.5, 0.6) is 5.75 Å². The molecule has 0 aliphatic carbocycles. The lowest BCUT2D eigenvalue weighted by Crippen LogP contribution is -1.77. The van der Waals surface area contributed by atoms with Gasteiger partial charge < -0.3 is 5.11 Å². The van der Waals surface area contributed by atoms with Gasteiger partial charge in [-0.2, -0.15) is 0 Å². The van der Waals surface area contributed by atoms with Crippen LogP contribution >= 0.6 is 31.9 Å². The van der Waals surface area contributed by atoms with Crippen LogP contribution in [0.1, 0.15) is 0 Å². The van der Waals surface area contributed by atoms with Gasteiger partial charge in [0.15, 0.2) is 0 Å². The first kappa shape index (κ1) is 8.01. The molecule has 0 amide bonds. The second kappa shape index (κ2) is 2.88. The Morgan fingerprint density at radius 2 is 1.90 bits per heavy atom. The summed E-state index contributed by atoms with van der Waals surface area (Å²) in [6, 6.07) is 2.70. The fraction of sp³-hybridized carbons (Fsp3) is 0. The fourth-order valence-electron chi connectivity index (χ4n) is 0.516. The number of phenolic OH excluding ortho intramolecular Hbond substituents is 1. The molecule has 1 aromatic carbocycles. The zero-order valence-electron chi connectivity index (χ0n) is 4.74. The first-order valence-corrected chi connectivity index (χ1v) is 4.04. The van der Waals surface area contributed by atoms with Crippen LogP contribution < -0.4 is 0 Å². The molecule has 0 bridgehead atoms. The van der Waals surface area contributed by atoms with Crippen molar-refractivity contribution in [1.82, 2.24) is 0 Å². The summed E-state index contributed by atoms with van der Waals surface area (Å²) in [5, 5.41) is 9.05. The van der Waals surface area contributed by atoms with Crippen molar-refractivity contribution in [2.75, 3.05) is 0 Å². The molecular weight excluding hydrogens is 267 g/mol. The predicted octanol–water partition coefficient (Wildman–Crippen LogP) is 3.06. The van der Waals surface area contributed by atoms with Crippen molar-refractivity contribution >= 4 is 31.9 Å². The summed E-state index contributed by atoms with van der Waals surface area (Å²) in [4.78, 5) is 0. The van der Waals surface area contributed by atoms with Gasteiger partial charge >= 0.3 is 0 Å². The molecule has 0 unspecified atom stereocenters. The van der Waals surface area contributed by atoms with Crippen molar-refractivity contribution in [2.24, 2.45) is 0 Å². The zero-order chi connectivity index (χ0) is 7.72. The van der Waals surface area contributed by atoms with E-state index in [9.17, 15) is 4.39 Å². The molecule has 1 rings (SSSR count). The zero-order valence-corrected chi connectivity index (χ0v) is 7.91. The lowest BCUT2D eigenvalue weighted by molar-refractivity contribution is 0.460. The van der Waals surface area contributed by atoms with E-state index in [1.165, 1.54) is 12.1 Å². The van der Waals surface area contributed by atoms with Gasteiger partial charge in [-0.25, -0.2) is 4.39 Å². The third kappa shape index (κ3) is 1.32. The SMILES string of the molecule is Oc1c(Br)ccc(F)c1Br. The molecule has 0 aromatic heterocycles. The molecule has 0 fully saturated rings. The summed E-state index contributed by atoms with van der Waals surface area (Å²) < 4.78 is 13.1. The molecule has 0 atom stereocenters. The Balaban J connectivity index is 3.34. The Morgan fingerprint density at radius 3 is 2.40 bits per heavy atom. The van der Waals surface area contributed by atoms with Gasteiger partial charge in [-0.3, -0.25) is 0 Å². The first-order chi connectivity index (χ1) is 4.63. The maximum atomic E-state index is 12.5. The number of benzene rings is 1. The van der Waals surface area contributed by atoms with E-state index in [1.807, 2.05) is 0 Å². The Bertz CT molecular complexity index is 235. The first-order valence-electron chi connectivity index (χ1n) is 2.45. The normalized spacial score (nSPS) is 9.90. The van der Waals surface area contributed by atoms with Crippen molar-refractivity contribution in [1.29, 1.82) is 0 Å².